The first-order valence-electron chi connectivity index (χ1n) is 7.31. The first-order chi connectivity index (χ1) is 10.6. The molecule has 5 heteroatoms. The summed E-state index contributed by atoms with van der Waals surface area (Å²) >= 11 is 0. The lowest BCUT2D eigenvalue weighted by Crippen LogP contribution is -2.32. The van der Waals surface area contributed by atoms with E-state index in [4.69, 9.17) is 4.42 Å². The number of carbonyl (C=O) groups excluding carboxylic acids is 2. The highest BCUT2D eigenvalue weighted by Gasteiger charge is 2.35. The molecule has 0 bridgehead atoms. The van der Waals surface area contributed by atoms with Gasteiger partial charge >= 0.3 is 0 Å². The van der Waals surface area contributed by atoms with Gasteiger partial charge in [-0.3, -0.25) is 9.59 Å². The summed E-state index contributed by atoms with van der Waals surface area (Å²) in [4.78, 5) is 26.1. The molecule has 5 nitrogen and oxygen atoms in total. The number of benzene rings is 1. The van der Waals surface area contributed by atoms with Gasteiger partial charge in [0, 0.05) is 18.7 Å². The van der Waals surface area contributed by atoms with Gasteiger partial charge in [-0.05, 0) is 30.7 Å². The molecule has 2 amide bonds. The summed E-state index contributed by atoms with van der Waals surface area (Å²) in [7, 11) is 0. The summed E-state index contributed by atoms with van der Waals surface area (Å²) in [5, 5.41) is 2.82. The monoisotopic (exact) mass is 298 g/mol. The summed E-state index contributed by atoms with van der Waals surface area (Å²) < 4.78 is 5.18. The lowest BCUT2D eigenvalue weighted by molar-refractivity contribution is -0.126. The van der Waals surface area contributed by atoms with Gasteiger partial charge in [0.25, 0.3) is 0 Å². The molecule has 1 atom stereocenters. The maximum Gasteiger partial charge on any atom is 0.227 e. The van der Waals surface area contributed by atoms with E-state index in [9.17, 15) is 9.59 Å². The lowest BCUT2D eigenvalue weighted by Gasteiger charge is -2.18. The van der Waals surface area contributed by atoms with E-state index in [0.29, 0.717) is 18.8 Å². The summed E-state index contributed by atoms with van der Waals surface area (Å²) in [5.41, 5.74) is 1.92. The summed E-state index contributed by atoms with van der Waals surface area (Å²) in [6, 6.07) is 11.3. The van der Waals surface area contributed by atoms with Crippen LogP contribution in [0.15, 0.2) is 47.1 Å². The molecule has 0 spiro atoms. The summed E-state index contributed by atoms with van der Waals surface area (Å²) in [6.45, 7) is 2.74. The topological polar surface area (TPSA) is 62.6 Å². The highest BCUT2D eigenvalue weighted by molar-refractivity contribution is 6.00. The second kappa shape index (κ2) is 6.05. The molecule has 0 aliphatic carbocycles. The zero-order valence-electron chi connectivity index (χ0n) is 12.4. The molecule has 22 heavy (non-hydrogen) atoms. The third-order valence-corrected chi connectivity index (χ3v) is 3.92. The number of nitrogens with zero attached hydrogens (tertiary/aromatic N) is 1. The number of amides is 2. The van der Waals surface area contributed by atoms with Crippen molar-refractivity contribution in [1.82, 2.24) is 5.32 Å². The van der Waals surface area contributed by atoms with Gasteiger partial charge in [0.2, 0.25) is 11.8 Å². The van der Waals surface area contributed by atoms with E-state index in [1.54, 1.807) is 23.3 Å². The van der Waals surface area contributed by atoms with Crippen molar-refractivity contribution in [2.45, 2.75) is 19.9 Å². The van der Waals surface area contributed by atoms with Crippen molar-refractivity contribution < 1.29 is 14.0 Å². The van der Waals surface area contributed by atoms with Crippen LogP contribution in [0.4, 0.5) is 5.69 Å². The van der Waals surface area contributed by atoms with Crippen LogP contribution in [0.3, 0.4) is 0 Å². The van der Waals surface area contributed by atoms with Gasteiger partial charge in [0.05, 0.1) is 18.7 Å². The fourth-order valence-corrected chi connectivity index (χ4v) is 2.71. The average Bonchev–Trinajstić information content (AvgIpc) is 3.15. The number of aryl methyl sites for hydroxylation is 1. The van der Waals surface area contributed by atoms with E-state index >= 15 is 0 Å². The van der Waals surface area contributed by atoms with Crippen molar-refractivity contribution in [2.75, 3.05) is 11.4 Å². The van der Waals surface area contributed by atoms with Crippen molar-refractivity contribution in [2.24, 2.45) is 5.92 Å². The molecule has 0 unspecified atom stereocenters. The van der Waals surface area contributed by atoms with Crippen LogP contribution < -0.4 is 10.2 Å². The van der Waals surface area contributed by atoms with Crippen LogP contribution in [0, 0.1) is 12.8 Å². The van der Waals surface area contributed by atoms with Crippen molar-refractivity contribution in [3.05, 3.63) is 54.0 Å². The number of hydrogen-bond donors (Lipinski definition) is 1. The zero-order valence-corrected chi connectivity index (χ0v) is 12.4. The molecule has 0 saturated carbocycles. The SMILES string of the molecule is Cc1ccccc1N1C[C@H](C(=O)NCc2ccco2)CC1=O. The Bertz CT molecular complexity index is 679. The number of anilines is 1. The van der Waals surface area contributed by atoms with Crippen LogP contribution in [0.1, 0.15) is 17.7 Å². The van der Waals surface area contributed by atoms with Gasteiger partial charge < -0.3 is 14.6 Å². The largest absolute Gasteiger partial charge is 0.467 e. The molecule has 2 heterocycles. The Morgan fingerprint density at radius 3 is 2.86 bits per heavy atom. The van der Waals surface area contributed by atoms with Crippen LogP contribution in [0.2, 0.25) is 0 Å². The lowest BCUT2D eigenvalue weighted by atomic mass is 10.1. The van der Waals surface area contributed by atoms with Gasteiger partial charge in [0.1, 0.15) is 5.76 Å². The molecule has 0 radical (unpaired) electrons. The fourth-order valence-electron chi connectivity index (χ4n) is 2.71. The molecular weight excluding hydrogens is 280 g/mol. The summed E-state index contributed by atoms with van der Waals surface area (Å²) in [5.74, 6) is 0.267. The van der Waals surface area contributed by atoms with E-state index in [0.717, 1.165) is 11.3 Å². The Morgan fingerprint density at radius 2 is 2.14 bits per heavy atom. The average molecular weight is 298 g/mol. The minimum absolute atomic E-state index is 0.00699. The minimum atomic E-state index is -0.318. The number of nitrogens with one attached hydrogen (secondary N) is 1. The van der Waals surface area contributed by atoms with Crippen LogP contribution >= 0.6 is 0 Å². The Balaban J connectivity index is 1.64. The van der Waals surface area contributed by atoms with Crippen molar-refractivity contribution >= 4 is 17.5 Å². The van der Waals surface area contributed by atoms with Crippen LogP contribution in [0.25, 0.3) is 0 Å². The van der Waals surface area contributed by atoms with Gasteiger partial charge in [-0.2, -0.15) is 0 Å². The highest BCUT2D eigenvalue weighted by atomic mass is 16.3. The molecule has 1 aliphatic heterocycles. The minimum Gasteiger partial charge on any atom is -0.467 e. The van der Waals surface area contributed by atoms with E-state index in [1.165, 1.54) is 0 Å². The first-order valence-corrected chi connectivity index (χ1v) is 7.31. The molecule has 2 aromatic rings. The predicted molar refractivity (Wildman–Crippen MR) is 82.2 cm³/mol. The number of hydrogen-bond acceptors (Lipinski definition) is 3. The molecule has 1 N–H and O–H groups in total. The van der Waals surface area contributed by atoms with E-state index < -0.39 is 0 Å². The fraction of sp³-hybridized carbons (Fsp3) is 0.294. The van der Waals surface area contributed by atoms with Crippen LogP contribution in [-0.4, -0.2) is 18.4 Å². The third-order valence-electron chi connectivity index (χ3n) is 3.92. The van der Waals surface area contributed by atoms with Crippen LogP contribution in [-0.2, 0) is 16.1 Å². The predicted octanol–water partition coefficient (Wildman–Crippen LogP) is 2.26. The Hall–Kier alpha value is -2.56. The number of para-hydroxylation sites is 1. The van der Waals surface area contributed by atoms with Gasteiger partial charge in [0.15, 0.2) is 0 Å². The number of furan rings is 1. The maximum atomic E-state index is 12.2. The Kier molecular flexibility index (Phi) is 3.96. The quantitative estimate of drug-likeness (QED) is 0.941. The maximum absolute atomic E-state index is 12.2. The molecule has 1 saturated heterocycles. The van der Waals surface area contributed by atoms with Crippen LogP contribution in [0.5, 0.6) is 0 Å². The second-order valence-electron chi connectivity index (χ2n) is 5.49. The first kappa shape index (κ1) is 14.4. The molecule has 1 fully saturated rings. The van der Waals surface area contributed by atoms with E-state index in [2.05, 4.69) is 5.32 Å². The van der Waals surface area contributed by atoms with Gasteiger partial charge in [-0.25, -0.2) is 0 Å². The summed E-state index contributed by atoms with van der Waals surface area (Å²) in [6.07, 6.45) is 1.82. The normalized spacial score (nSPS) is 17.8. The third kappa shape index (κ3) is 2.88. The molecular formula is C17H18N2O3. The number of carbonyl (C=O) groups is 2. The van der Waals surface area contributed by atoms with Crippen molar-refractivity contribution in [3.63, 3.8) is 0 Å². The zero-order chi connectivity index (χ0) is 15.5. The molecule has 1 aromatic carbocycles. The van der Waals surface area contributed by atoms with Gasteiger partial charge in [-0.15, -0.1) is 0 Å². The van der Waals surface area contributed by atoms with E-state index in [-0.39, 0.29) is 24.2 Å². The smallest absolute Gasteiger partial charge is 0.227 e. The Morgan fingerprint density at radius 1 is 1.32 bits per heavy atom. The standard InChI is InChI=1S/C17H18N2O3/c1-12-5-2-3-7-15(12)19-11-13(9-16(19)20)17(21)18-10-14-6-4-8-22-14/h2-8,13H,9-11H2,1H3,(H,18,21)/t13-/m1/s1. The molecule has 3 rings (SSSR count). The molecule has 114 valence electrons. The molecule has 1 aromatic heterocycles. The Labute approximate surface area is 128 Å². The van der Waals surface area contributed by atoms with Gasteiger partial charge in [-0.1, -0.05) is 18.2 Å². The second-order valence-corrected chi connectivity index (χ2v) is 5.49. The number of rotatable bonds is 4. The molecule has 1 aliphatic rings. The highest BCUT2D eigenvalue weighted by Crippen LogP contribution is 2.27. The van der Waals surface area contributed by atoms with Crippen molar-refractivity contribution in [3.8, 4) is 0 Å². The van der Waals surface area contributed by atoms with Crippen molar-refractivity contribution in [1.29, 1.82) is 0 Å². The van der Waals surface area contributed by atoms with E-state index in [1.807, 2.05) is 31.2 Å².